The number of hydrogen-bond donors (Lipinski definition) is 3. The van der Waals surface area contributed by atoms with E-state index in [2.05, 4.69) is 5.32 Å². The highest BCUT2D eigenvalue weighted by Crippen LogP contribution is 2.38. The van der Waals surface area contributed by atoms with E-state index >= 15 is 0 Å². The lowest BCUT2D eigenvalue weighted by atomic mass is 9.87. The Bertz CT molecular complexity index is 1040. The van der Waals surface area contributed by atoms with Crippen molar-refractivity contribution in [1.82, 2.24) is 10.2 Å². The van der Waals surface area contributed by atoms with Gasteiger partial charge >= 0.3 is 0 Å². The summed E-state index contributed by atoms with van der Waals surface area (Å²) in [5, 5.41) is 23.4. The van der Waals surface area contributed by atoms with Gasteiger partial charge in [-0.05, 0) is 66.5 Å². The van der Waals surface area contributed by atoms with Crippen molar-refractivity contribution in [3.63, 3.8) is 0 Å². The summed E-state index contributed by atoms with van der Waals surface area (Å²) in [5.41, 5.74) is 0.765. The predicted octanol–water partition coefficient (Wildman–Crippen LogP) is 1.45. The van der Waals surface area contributed by atoms with Crippen LogP contribution < -0.4 is 14.8 Å². The molecule has 1 heterocycles. The lowest BCUT2D eigenvalue weighted by Crippen LogP contribution is -2.57. The Morgan fingerprint density at radius 2 is 2.08 bits per heavy atom. The number of aliphatic hydroxyl groups is 2. The molecule has 2 aliphatic carbocycles. The number of carbonyl (C=O) groups is 3. The first-order valence-corrected chi connectivity index (χ1v) is 13.6. The van der Waals surface area contributed by atoms with Gasteiger partial charge in [0.15, 0.2) is 11.5 Å². The predicted molar refractivity (Wildman–Crippen MR) is 142 cm³/mol. The van der Waals surface area contributed by atoms with Crippen LogP contribution in [0.3, 0.4) is 0 Å². The number of hydrogen-bond acceptors (Lipinski definition) is 8. The molecule has 37 heavy (non-hydrogen) atoms. The van der Waals surface area contributed by atoms with Crippen molar-refractivity contribution in [2.45, 2.75) is 56.5 Å². The molecule has 3 aliphatic rings. The van der Waals surface area contributed by atoms with E-state index in [4.69, 9.17) is 19.3 Å². The van der Waals surface area contributed by atoms with Crippen LogP contribution in [-0.2, 0) is 14.3 Å². The number of benzene rings is 1. The van der Waals surface area contributed by atoms with Gasteiger partial charge in [0.2, 0.25) is 11.8 Å². The van der Waals surface area contributed by atoms with Crippen LogP contribution in [0.5, 0.6) is 11.5 Å². The molecule has 1 aliphatic heterocycles. The summed E-state index contributed by atoms with van der Waals surface area (Å²) in [5.74, 6) is 0.117. The number of carbonyl (C=O) groups excluding carboxylic acids is 3. The van der Waals surface area contributed by atoms with Gasteiger partial charge in [0.05, 0.1) is 29.4 Å². The standard InChI is InChI=1S/C26H33IN2O8/c1-35-22-10-15(14-31)9-19(27)24(22)37-21-12-17(25(33)28-6-7-30)11-20(23(21)32)29(26(34)16-4-5-16)13-18-3-2-8-36-18/h9-10,12,14,16,18,20-21,23,30,32H,2-8,11,13H2,1H3,(H,28,33). The molecule has 0 bridgehead atoms. The molecule has 4 unspecified atom stereocenters. The number of nitrogens with zero attached hydrogens (tertiary/aromatic N) is 1. The number of halogens is 1. The van der Waals surface area contributed by atoms with E-state index in [-0.39, 0.29) is 37.5 Å². The molecule has 1 aromatic carbocycles. The summed E-state index contributed by atoms with van der Waals surface area (Å²) >= 11 is 2.02. The van der Waals surface area contributed by atoms with E-state index in [1.165, 1.54) is 13.2 Å². The Balaban J connectivity index is 1.67. The third kappa shape index (κ3) is 6.62. The third-order valence-corrected chi connectivity index (χ3v) is 7.69. The monoisotopic (exact) mass is 628 g/mol. The highest BCUT2D eigenvalue weighted by molar-refractivity contribution is 14.1. The van der Waals surface area contributed by atoms with Crippen molar-refractivity contribution in [2.24, 2.45) is 5.92 Å². The molecule has 1 aromatic rings. The van der Waals surface area contributed by atoms with Crippen molar-refractivity contribution < 1.29 is 38.8 Å². The van der Waals surface area contributed by atoms with Crippen molar-refractivity contribution in [1.29, 1.82) is 0 Å². The highest BCUT2D eigenvalue weighted by Gasteiger charge is 2.45. The van der Waals surface area contributed by atoms with Crippen LogP contribution in [0, 0.1) is 9.49 Å². The topological polar surface area (TPSA) is 135 Å². The minimum Gasteiger partial charge on any atom is -0.493 e. The van der Waals surface area contributed by atoms with Crippen LogP contribution in [0.4, 0.5) is 0 Å². The second-order valence-electron chi connectivity index (χ2n) is 9.57. The smallest absolute Gasteiger partial charge is 0.247 e. The minimum atomic E-state index is -1.13. The van der Waals surface area contributed by atoms with Crippen LogP contribution in [0.25, 0.3) is 0 Å². The molecule has 4 rings (SSSR count). The summed E-state index contributed by atoms with van der Waals surface area (Å²) in [6.07, 6.45) is 3.53. The zero-order chi connectivity index (χ0) is 26.5. The Hall–Kier alpha value is -2.22. The Morgan fingerprint density at radius 1 is 1.30 bits per heavy atom. The minimum absolute atomic E-state index is 0.0437. The largest absolute Gasteiger partial charge is 0.493 e. The molecule has 1 saturated heterocycles. The van der Waals surface area contributed by atoms with Gasteiger partial charge in [-0.25, -0.2) is 0 Å². The SMILES string of the molecule is COc1cc(C=O)cc(I)c1OC1C=C(C(=O)NCCO)CC(N(CC2CCCO2)C(=O)C2CC2)C1O. The Morgan fingerprint density at radius 3 is 2.70 bits per heavy atom. The van der Waals surface area contributed by atoms with Crippen LogP contribution >= 0.6 is 22.6 Å². The second-order valence-corrected chi connectivity index (χ2v) is 10.7. The Kier molecular flexibility index (Phi) is 9.43. The van der Waals surface area contributed by atoms with Gasteiger partial charge in [-0.1, -0.05) is 0 Å². The van der Waals surface area contributed by atoms with Gasteiger partial charge in [-0.2, -0.15) is 0 Å². The number of aliphatic hydroxyl groups excluding tert-OH is 2. The van der Waals surface area contributed by atoms with Crippen LogP contribution in [0.15, 0.2) is 23.8 Å². The number of rotatable bonds is 11. The lowest BCUT2D eigenvalue weighted by Gasteiger charge is -2.41. The first-order valence-electron chi connectivity index (χ1n) is 12.6. The molecule has 10 nitrogen and oxygen atoms in total. The first kappa shape index (κ1) is 27.8. The molecule has 1 saturated carbocycles. The number of amides is 2. The van der Waals surface area contributed by atoms with Crippen molar-refractivity contribution in [3.8, 4) is 11.5 Å². The maximum atomic E-state index is 13.4. The van der Waals surface area contributed by atoms with Gasteiger partial charge in [-0.15, -0.1) is 0 Å². The molecule has 4 atom stereocenters. The quantitative estimate of drug-likeness (QED) is 0.248. The first-order chi connectivity index (χ1) is 17.9. The molecule has 3 N–H and O–H groups in total. The fraction of sp³-hybridized carbons (Fsp3) is 0.577. The molecule has 2 fully saturated rings. The van der Waals surface area contributed by atoms with Gasteiger partial charge in [0.1, 0.15) is 18.5 Å². The molecule has 2 amide bonds. The van der Waals surface area contributed by atoms with Crippen molar-refractivity contribution in [2.75, 3.05) is 33.4 Å². The summed E-state index contributed by atoms with van der Waals surface area (Å²) in [6, 6.07) is 2.47. The second kappa shape index (κ2) is 12.5. The fourth-order valence-electron chi connectivity index (χ4n) is 4.80. The molecule has 0 radical (unpaired) electrons. The maximum Gasteiger partial charge on any atom is 0.247 e. The molecule has 0 aromatic heterocycles. The summed E-state index contributed by atoms with van der Waals surface area (Å²) < 4.78 is 18.1. The number of ether oxygens (including phenoxy) is 3. The van der Waals surface area contributed by atoms with Crippen LogP contribution in [0.1, 0.15) is 42.5 Å². The fourth-order valence-corrected chi connectivity index (χ4v) is 5.55. The van der Waals surface area contributed by atoms with E-state index in [0.717, 1.165) is 25.7 Å². The molecule has 202 valence electrons. The van der Waals surface area contributed by atoms with E-state index in [9.17, 15) is 19.5 Å². The van der Waals surface area contributed by atoms with E-state index < -0.39 is 24.2 Å². The maximum absolute atomic E-state index is 13.4. The van der Waals surface area contributed by atoms with Crippen molar-refractivity contribution >= 4 is 40.7 Å². The van der Waals surface area contributed by atoms with Gasteiger partial charge < -0.3 is 34.6 Å². The third-order valence-electron chi connectivity index (χ3n) is 6.89. The molecule has 0 spiro atoms. The lowest BCUT2D eigenvalue weighted by molar-refractivity contribution is -0.142. The summed E-state index contributed by atoms with van der Waals surface area (Å²) in [4.78, 5) is 39.3. The van der Waals surface area contributed by atoms with Crippen LogP contribution in [-0.4, -0.2) is 91.0 Å². The van der Waals surface area contributed by atoms with Gasteiger partial charge in [0, 0.05) is 43.2 Å². The number of methoxy groups -OCH3 is 1. The number of aldehydes is 1. The zero-order valence-corrected chi connectivity index (χ0v) is 22.9. The average Bonchev–Trinajstić information content (AvgIpc) is 3.63. The normalized spacial score (nSPS) is 25.2. The highest BCUT2D eigenvalue weighted by atomic mass is 127. The average molecular weight is 628 g/mol. The van der Waals surface area contributed by atoms with E-state index in [0.29, 0.717) is 45.6 Å². The van der Waals surface area contributed by atoms with Crippen LogP contribution in [0.2, 0.25) is 0 Å². The number of nitrogens with one attached hydrogen (secondary N) is 1. The van der Waals surface area contributed by atoms with E-state index in [1.54, 1.807) is 17.0 Å². The van der Waals surface area contributed by atoms with E-state index in [1.807, 2.05) is 22.6 Å². The van der Waals surface area contributed by atoms with Gasteiger partial charge in [-0.3, -0.25) is 14.4 Å². The van der Waals surface area contributed by atoms with Gasteiger partial charge in [0.25, 0.3) is 0 Å². The summed E-state index contributed by atoms with van der Waals surface area (Å²) in [6.45, 7) is 0.840. The molecular formula is C26H33IN2O8. The Labute approximate surface area is 229 Å². The summed E-state index contributed by atoms with van der Waals surface area (Å²) in [7, 11) is 1.45. The molecule has 11 heteroatoms. The zero-order valence-electron chi connectivity index (χ0n) is 20.7. The molecular weight excluding hydrogens is 595 g/mol. The van der Waals surface area contributed by atoms with Crippen molar-refractivity contribution in [3.05, 3.63) is 32.9 Å².